The zero-order valence-electron chi connectivity index (χ0n) is 9.93. The summed E-state index contributed by atoms with van der Waals surface area (Å²) >= 11 is 3.33. The highest BCUT2D eigenvalue weighted by molar-refractivity contribution is 9.10. The van der Waals surface area contributed by atoms with E-state index < -0.39 is 0 Å². The van der Waals surface area contributed by atoms with Crippen molar-refractivity contribution in [1.82, 2.24) is 0 Å². The third kappa shape index (κ3) is 3.58. The maximum atomic E-state index is 8.89. The second-order valence-electron chi connectivity index (χ2n) is 3.87. The molecule has 2 aromatic rings. The summed E-state index contributed by atoms with van der Waals surface area (Å²) in [5.41, 5.74) is 1.48. The molecule has 0 aromatic heterocycles. The van der Waals surface area contributed by atoms with Gasteiger partial charge in [0.05, 0.1) is 24.1 Å². The summed E-state index contributed by atoms with van der Waals surface area (Å²) in [4.78, 5) is 0. The van der Waals surface area contributed by atoms with Gasteiger partial charge in [0.15, 0.2) is 0 Å². The predicted octanol–water partition coefficient (Wildman–Crippen LogP) is 4.18. The van der Waals surface area contributed by atoms with Crippen molar-refractivity contribution in [3.05, 3.63) is 58.1 Å². The molecule has 0 heterocycles. The zero-order valence-corrected chi connectivity index (χ0v) is 11.5. The lowest BCUT2D eigenvalue weighted by atomic mass is 10.1. The van der Waals surface area contributed by atoms with E-state index in [1.54, 1.807) is 30.3 Å². The summed E-state index contributed by atoms with van der Waals surface area (Å²) in [7, 11) is 0. The van der Waals surface area contributed by atoms with Gasteiger partial charge in [-0.05, 0) is 35.9 Å². The van der Waals surface area contributed by atoms with E-state index in [0.29, 0.717) is 23.5 Å². The largest absolute Gasteiger partial charge is 0.457 e. The predicted molar refractivity (Wildman–Crippen MR) is 74.7 cm³/mol. The Kier molecular flexibility index (Phi) is 4.18. The molecule has 0 saturated carbocycles. The van der Waals surface area contributed by atoms with Gasteiger partial charge in [0.25, 0.3) is 0 Å². The molecule has 2 rings (SSSR count). The van der Waals surface area contributed by atoms with Crippen LogP contribution in [0.2, 0.25) is 0 Å². The molecule has 0 atom stereocenters. The van der Waals surface area contributed by atoms with Crippen molar-refractivity contribution < 1.29 is 4.74 Å². The highest BCUT2D eigenvalue weighted by Crippen LogP contribution is 2.26. The Morgan fingerprint density at radius 3 is 2.37 bits per heavy atom. The van der Waals surface area contributed by atoms with Crippen LogP contribution >= 0.6 is 15.9 Å². The molecule has 3 nitrogen and oxygen atoms in total. The van der Waals surface area contributed by atoms with Crippen molar-refractivity contribution >= 4 is 15.9 Å². The van der Waals surface area contributed by atoms with Crippen LogP contribution in [-0.4, -0.2) is 0 Å². The molecule has 4 heteroatoms. The molecular formula is C15H9BrN2O. The molecule has 0 radical (unpaired) electrons. The highest BCUT2D eigenvalue weighted by Gasteiger charge is 2.02. The Bertz CT molecular complexity index is 666. The smallest absolute Gasteiger partial charge is 0.129 e. The Balaban J connectivity index is 2.19. The molecule has 0 saturated heterocycles. The van der Waals surface area contributed by atoms with Crippen molar-refractivity contribution in [2.45, 2.75) is 6.42 Å². The van der Waals surface area contributed by atoms with Crippen LogP contribution in [0.4, 0.5) is 0 Å². The van der Waals surface area contributed by atoms with Gasteiger partial charge in [0, 0.05) is 4.47 Å². The third-order valence-electron chi connectivity index (χ3n) is 2.44. The van der Waals surface area contributed by atoms with Crippen molar-refractivity contribution in [3.63, 3.8) is 0 Å². The van der Waals surface area contributed by atoms with E-state index in [1.165, 1.54) is 0 Å². The molecule has 0 amide bonds. The average Bonchev–Trinajstić information content (AvgIpc) is 2.40. The van der Waals surface area contributed by atoms with Crippen molar-refractivity contribution in [2.75, 3.05) is 0 Å². The van der Waals surface area contributed by atoms with Crippen LogP contribution in [0.5, 0.6) is 11.5 Å². The molecule has 0 aliphatic heterocycles. The number of benzene rings is 2. The topological polar surface area (TPSA) is 56.8 Å². The highest BCUT2D eigenvalue weighted by atomic mass is 79.9. The van der Waals surface area contributed by atoms with Gasteiger partial charge in [0.2, 0.25) is 0 Å². The molecule has 0 fully saturated rings. The first kappa shape index (κ1) is 13.1. The minimum absolute atomic E-state index is 0.385. The summed E-state index contributed by atoms with van der Waals surface area (Å²) in [6.07, 6.45) is 0.385. The standard InChI is InChI=1S/C15H9BrN2O/c16-13-7-12(10-18)8-15(9-13)19-14-3-1-11(2-4-14)5-6-17/h1-4,7-9H,5H2. The van der Waals surface area contributed by atoms with Crippen LogP contribution in [0, 0.1) is 22.7 Å². The van der Waals surface area contributed by atoms with Gasteiger partial charge in [-0.25, -0.2) is 0 Å². The van der Waals surface area contributed by atoms with E-state index in [1.807, 2.05) is 12.1 Å². The fourth-order valence-electron chi connectivity index (χ4n) is 1.59. The Morgan fingerprint density at radius 1 is 1.00 bits per heavy atom. The van der Waals surface area contributed by atoms with Crippen LogP contribution in [0.15, 0.2) is 46.9 Å². The van der Waals surface area contributed by atoms with E-state index in [0.717, 1.165) is 10.0 Å². The maximum absolute atomic E-state index is 8.89. The van der Waals surface area contributed by atoms with Gasteiger partial charge < -0.3 is 4.74 Å². The van der Waals surface area contributed by atoms with Gasteiger partial charge >= 0.3 is 0 Å². The Hall–Kier alpha value is -2.30. The van der Waals surface area contributed by atoms with Gasteiger partial charge in [-0.15, -0.1) is 0 Å². The van der Waals surface area contributed by atoms with Crippen molar-refractivity contribution in [1.29, 1.82) is 10.5 Å². The maximum Gasteiger partial charge on any atom is 0.129 e. The quantitative estimate of drug-likeness (QED) is 0.854. The van der Waals surface area contributed by atoms with E-state index in [9.17, 15) is 0 Å². The number of halogens is 1. The summed E-state index contributed by atoms with van der Waals surface area (Å²) in [6.45, 7) is 0. The van der Waals surface area contributed by atoms with E-state index >= 15 is 0 Å². The van der Waals surface area contributed by atoms with Gasteiger partial charge in [-0.1, -0.05) is 28.1 Å². The number of rotatable bonds is 3. The molecule has 0 aliphatic carbocycles. The molecule has 0 bridgehead atoms. The van der Waals surface area contributed by atoms with Crippen LogP contribution < -0.4 is 4.74 Å². The van der Waals surface area contributed by atoms with Crippen LogP contribution in [0.1, 0.15) is 11.1 Å². The average molecular weight is 313 g/mol. The molecule has 92 valence electrons. The number of hydrogen-bond donors (Lipinski definition) is 0. The van der Waals surface area contributed by atoms with Crippen molar-refractivity contribution in [2.24, 2.45) is 0 Å². The number of ether oxygens (including phenoxy) is 1. The molecular weight excluding hydrogens is 304 g/mol. The second kappa shape index (κ2) is 6.04. The molecule has 0 spiro atoms. The van der Waals surface area contributed by atoms with E-state index in [-0.39, 0.29) is 0 Å². The number of hydrogen-bond acceptors (Lipinski definition) is 3. The van der Waals surface area contributed by atoms with Crippen LogP contribution in [0.3, 0.4) is 0 Å². The summed E-state index contributed by atoms with van der Waals surface area (Å²) in [5.74, 6) is 1.27. The van der Waals surface area contributed by atoms with Crippen LogP contribution in [0.25, 0.3) is 0 Å². The zero-order chi connectivity index (χ0) is 13.7. The number of nitriles is 2. The van der Waals surface area contributed by atoms with Gasteiger partial charge in [0.1, 0.15) is 11.5 Å². The first-order valence-corrected chi connectivity index (χ1v) is 6.35. The lowest BCUT2D eigenvalue weighted by Gasteiger charge is -2.07. The van der Waals surface area contributed by atoms with Crippen LogP contribution in [-0.2, 0) is 6.42 Å². The SMILES string of the molecule is N#CCc1ccc(Oc2cc(Br)cc(C#N)c2)cc1. The first-order chi connectivity index (χ1) is 9.21. The first-order valence-electron chi connectivity index (χ1n) is 5.55. The summed E-state index contributed by atoms with van der Waals surface area (Å²) in [6, 6.07) is 16.7. The fourth-order valence-corrected chi connectivity index (χ4v) is 2.06. The normalized spacial score (nSPS) is 9.42. The molecule has 19 heavy (non-hydrogen) atoms. The molecule has 0 aliphatic rings. The van der Waals surface area contributed by atoms with E-state index in [2.05, 4.69) is 28.1 Å². The van der Waals surface area contributed by atoms with Gasteiger partial charge in [-0.3, -0.25) is 0 Å². The summed E-state index contributed by atoms with van der Waals surface area (Å²) in [5, 5.41) is 17.5. The Morgan fingerprint density at radius 2 is 1.74 bits per heavy atom. The fraction of sp³-hybridized carbons (Fsp3) is 0.0667. The minimum atomic E-state index is 0.385. The molecule has 2 aromatic carbocycles. The van der Waals surface area contributed by atoms with Gasteiger partial charge in [-0.2, -0.15) is 10.5 Å². The minimum Gasteiger partial charge on any atom is -0.457 e. The lowest BCUT2D eigenvalue weighted by Crippen LogP contribution is -1.87. The number of nitrogens with zero attached hydrogens (tertiary/aromatic N) is 2. The van der Waals surface area contributed by atoms with Crippen molar-refractivity contribution in [3.8, 4) is 23.6 Å². The third-order valence-corrected chi connectivity index (χ3v) is 2.90. The molecule has 0 N–H and O–H groups in total. The molecule has 0 unspecified atom stereocenters. The van der Waals surface area contributed by atoms with E-state index in [4.69, 9.17) is 15.3 Å². The summed E-state index contributed by atoms with van der Waals surface area (Å²) < 4.78 is 6.46. The second-order valence-corrected chi connectivity index (χ2v) is 4.78. The monoisotopic (exact) mass is 312 g/mol. The lowest BCUT2D eigenvalue weighted by molar-refractivity contribution is 0.482. The Labute approximate surface area is 119 Å².